The quantitative estimate of drug-likeness (QED) is 0.723. The van der Waals surface area contributed by atoms with Gasteiger partial charge in [-0.2, -0.15) is 0 Å². The molecule has 0 saturated heterocycles. The number of amides is 2. The van der Waals surface area contributed by atoms with Gasteiger partial charge in [0.2, 0.25) is 11.8 Å². The predicted molar refractivity (Wildman–Crippen MR) is 89.5 cm³/mol. The molecule has 1 saturated carbocycles. The molecule has 2 N–H and O–H groups in total. The molecular weight excluding hydrogens is 294 g/mol. The third kappa shape index (κ3) is 5.90. The molecule has 1 aromatic rings. The largest absolute Gasteiger partial charge is 0.497 e. The molecule has 0 atom stereocenters. The monoisotopic (exact) mass is 319 g/mol. The maximum atomic E-state index is 12.1. The lowest BCUT2D eigenvalue weighted by Crippen LogP contribution is -2.42. The number of carbonyl (C=O) groups is 2. The fourth-order valence-electron chi connectivity index (χ4n) is 2.27. The summed E-state index contributed by atoms with van der Waals surface area (Å²) in [6, 6.07) is 7.14. The Morgan fingerprint density at radius 2 is 2.13 bits per heavy atom. The molecule has 1 aromatic carbocycles. The Kier molecular flexibility index (Phi) is 6.40. The molecule has 0 aliphatic heterocycles. The number of anilines is 1. The topological polar surface area (TPSA) is 70.7 Å². The van der Waals surface area contributed by atoms with Crippen LogP contribution in [0, 0.1) is 5.92 Å². The van der Waals surface area contributed by atoms with Gasteiger partial charge in [-0.15, -0.1) is 0 Å². The van der Waals surface area contributed by atoms with E-state index < -0.39 is 0 Å². The molecule has 126 valence electrons. The van der Waals surface area contributed by atoms with E-state index in [0.29, 0.717) is 18.0 Å². The van der Waals surface area contributed by atoms with E-state index in [0.717, 1.165) is 12.5 Å². The van der Waals surface area contributed by atoms with Gasteiger partial charge >= 0.3 is 0 Å². The van der Waals surface area contributed by atoms with Gasteiger partial charge in [0, 0.05) is 18.3 Å². The second-order valence-electron chi connectivity index (χ2n) is 5.76. The highest BCUT2D eigenvalue weighted by atomic mass is 16.5. The second kappa shape index (κ2) is 8.53. The predicted octanol–water partition coefficient (Wildman–Crippen LogP) is 1.48. The number of carbonyl (C=O) groups excluding carboxylic acids is 2. The summed E-state index contributed by atoms with van der Waals surface area (Å²) in [6.45, 7) is 3.61. The van der Waals surface area contributed by atoms with Gasteiger partial charge in [0.15, 0.2) is 0 Å². The lowest BCUT2D eigenvalue weighted by Gasteiger charge is -2.20. The van der Waals surface area contributed by atoms with Crippen LogP contribution in [-0.2, 0) is 9.59 Å². The summed E-state index contributed by atoms with van der Waals surface area (Å²) in [6.07, 6.45) is 2.50. The number of hydrogen-bond donors (Lipinski definition) is 2. The fourth-order valence-corrected chi connectivity index (χ4v) is 2.27. The number of nitrogens with zero attached hydrogens (tertiary/aromatic N) is 1. The van der Waals surface area contributed by atoms with Gasteiger partial charge in [0.25, 0.3) is 0 Å². The maximum absolute atomic E-state index is 12.1. The van der Waals surface area contributed by atoms with Crippen molar-refractivity contribution in [2.75, 3.05) is 38.6 Å². The number of benzene rings is 1. The first-order valence-corrected chi connectivity index (χ1v) is 8.04. The molecule has 0 spiro atoms. The van der Waals surface area contributed by atoms with Crippen LogP contribution in [0.5, 0.6) is 5.75 Å². The van der Waals surface area contributed by atoms with Crippen LogP contribution in [-0.4, -0.2) is 50.0 Å². The molecule has 2 rings (SSSR count). The zero-order valence-electron chi connectivity index (χ0n) is 13.8. The zero-order valence-corrected chi connectivity index (χ0v) is 13.8. The van der Waals surface area contributed by atoms with E-state index in [4.69, 9.17) is 4.74 Å². The average Bonchev–Trinajstić information content (AvgIpc) is 3.36. The van der Waals surface area contributed by atoms with Crippen molar-refractivity contribution in [2.24, 2.45) is 5.92 Å². The Bertz CT molecular complexity index is 544. The summed E-state index contributed by atoms with van der Waals surface area (Å²) in [5.41, 5.74) is 0.657. The Balaban J connectivity index is 1.79. The van der Waals surface area contributed by atoms with E-state index in [1.54, 1.807) is 30.2 Å². The minimum Gasteiger partial charge on any atom is -0.497 e. The molecule has 0 aromatic heterocycles. The summed E-state index contributed by atoms with van der Waals surface area (Å²) in [5.74, 6) is 1.15. The van der Waals surface area contributed by atoms with E-state index in [9.17, 15) is 9.59 Å². The first kappa shape index (κ1) is 17.3. The van der Waals surface area contributed by atoms with Crippen LogP contribution < -0.4 is 15.4 Å². The standard InChI is InChI=1S/C17H25N3O3/c1-3-20(17(22)11-18-10-13-7-8-13)12-16(21)19-14-5-4-6-15(9-14)23-2/h4-6,9,13,18H,3,7-8,10-12H2,1-2H3,(H,19,21). The number of hydrogen-bond acceptors (Lipinski definition) is 4. The molecule has 1 aliphatic carbocycles. The Hall–Kier alpha value is -2.08. The van der Waals surface area contributed by atoms with E-state index >= 15 is 0 Å². The van der Waals surface area contributed by atoms with Gasteiger partial charge in [-0.05, 0) is 44.4 Å². The lowest BCUT2D eigenvalue weighted by molar-refractivity contribution is -0.133. The third-order valence-electron chi connectivity index (χ3n) is 3.83. The Labute approximate surface area is 137 Å². The average molecular weight is 319 g/mol. The summed E-state index contributed by atoms with van der Waals surface area (Å²) in [7, 11) is 1.58. The number of likely N-dealkylation sites (N-methyl/N-ethyl adjacent to an activating group) is 1. The summed E-state index contributed by atoms with van der Waals surface area (Å²) >= 11 is 0. The van der Waals surface area contributed by atoms with Crippen molar-refractivity contribution in [3.05, 3.63) is 24.3 Å². The van der Waals surface area contributed by atoms with Crippen LogP contribution >= 0.6 is 0 Å². The summed E-state index contributed by atoms with van der Waals surface area (Å²) < 4.78 is 5.12. The van der Waals surface area contributed by atoms with Crippen molar-refractivity contribution in [3.8, 4) is 5.75 Å². The van der Waals surface area contributed by atoms with E-state index in [-0.39, 0.29) is 24.9 Å². The minimum absolute atomic E-state index is 0.0473. The highest BCUT2D eigenvalue weighted by Gasteiger charge is 2.21. The SMILES string of the molecule is CCN(CC(=O)Nc1cccc(OC)c1)C(=O)CNCC1CC1. The molecule has 0 heterocycles. The summed E-state index contributed by atoms with van der Waals surface area (Å²) in [4.78, 5) is 25.8. The van der Waals surface area contributed by atoms with Crippen LogP contribution in [0.1, 0.15) is 19.8 Å². The molecule has 0 unspecified atom stereocenters. The van der Waals surface area contributed by atoms with Gasteiger partial charge < -0.3 is 20.3 Å². The molecular formula is C17H25N3O3. The normalized spacial score (nSPS) is 13.5. The fraction of sp³-hybridized carbons (Fsp3) is 0.529. The smallest absolute Gasteiger partial charge is 0.243 e. The van der Waals surface area contributed by atoms with Crippen LogP contribution in [0.4, 0.5) is 5.69 Å². The summed E-state index contributed by atoms with van der Waals surface area (Å²) in [5, 5.41) is 5.95. The molecule has 0 bridgehead atoms. The van der Waals surface area contributed by atoms with Crippen molar-refractivity contribution in [1.29, 1.82) is 0 Å². The van der Waals surface area contributed by atoms with Gasteiger partial charge in [0.1, 0.15) is 5.75 Å². The Morgan fingerprint density at radius 1 is 1.35 bits per heavy atom. The van der Waals surface area contributed by atoms with Gasteiger partial charge in [0.05, 0.1) is 20.2 Å². The van der Waals surface area contributed by atoms with Crippen LogP contribution in [0.15, 0.2) is 24.3 Å². The molecule has 2 amide bonds. The first-order valence-electron chi connectivity index (χ1n) is 8.04. The van der Waals surface area contributed by atoms with Crippen molar-refractivity contribution in [2.45, 2.75) is 19.8 Å². The highest BCUT2D eigenvalue weighted by Crippen LogP contribution is 2.27. The van der Waals surface area contributed by atoms with Crippen molar-refractivity contribution >= 4 is 17.5 Å². The first-order chi connectivity index (χ1) is 11.1. The van der Waals surface area contributed by atoms with Crippen molar-refractivity contribution in [1.82, 2.24) is 10.2 Å². The number of rotatable bonds is 9. The molecule has 6 nitrogen and oxygen atoms in total. The number of nitrogens with one attached hydrogen (secondary N) is 2. The van der Waals surface area contributed by atoms with E-state index in [1.807, 2.05) is 13.0 Å². The van der Waals surface area contributed by atoms with Gasteiger partial charge in [-0.1, -0.05) is 6.07 Å². The molecule has 23 heavy (non-hydrogen) atoms. The van der Waals surface area contributed by atoms with Crippen LogP contribution in [0.25, 0.3) is 0 Å². The van der Waals surface area contributed by atoms with Crippen molar-refractivity contribution in [3.63, 3.8) is 0 Å². The maximum Gasteiger partial charge on any atom is 0.243 e. The molecule has 1 aliphatic rings. The zero-order chi connectivity index (χ0) is 16.7. The number of ether oxygens (including phenoxy) is 1. The minimum atomic E-state index is -0.212. The number of methoxy groups -OCH3 is 1. The molecule has 6 heteroatoms. The molecule has 0 radical (unpaired) electrons. The van der Waals surface area contributed by atoms with Crippen LogP contribution in [0.2, 0.25) is 0 Å². The van der Waals surface area contributed by atoms with E-state index in [2.05, 4.69) is 10.6 Å². The third-order valence-corrected chi connectivity index (χ3v) is 3.83. The van der Waals surface area contributed by atoms with E-state index in [1.165, 1.54) is 12.8 Å². The van der Waals surface area contributed by atoms with Gasteiger partial charge in [-0.25, -0.2) is 0 Å². The van der Waals surface area contributed by atoms with Crippen LogP contribution in [0.3, 0.4) is 0 Å². The lowest BCUT2D eigenvalue weighted by atomic mass is 10.3. The Morgan fingerprint density at radius 3 is 2.78 bits per heavy atom. The molecule has 1 fully saturated rings. The highest BCUT2D eigenvalue weighted by molar-refractivity contribution is 5.94. The van der Waals surface area contributed by atoms with Gasteiger partial charge in [-0.3, -0.25) is 9.59 Å². The van der Waals surface area contributed by atoms with Crippen molar-refractivity contribution < 1.29 is 14.3 Å². The second-order valence-corrected chi connectivity index (χ2v) is 5.76.